The SMILES string of the molecule is CC(NC(=O)C(NS(=O)[O-])(c1ccccc1)c1ccc(CN)cc1)c1ccccc1. The molecule has 3 atom stereocenters. The Balaban J connectivity index is 2.11. The Labute approximate surface area is 178 Å². The molecule has 30 heavy (non-hydrogen) atoms. The maximum Gasteiger partial charge on any atom is 0.250 e. The summed E-state index contributed by atoms with van der Waals surface area (Å²) in [5.74, 6) is -0.477. The van der Waals surface area contributed by atoms with E-state index in [1.165, 1.54) is 0 Å². The predicted molar refractivity (Wildman–Crippen MR) is 117 cm³/mol. The van der Waals surface area contributed by atoms with E-state index in [1.807, 2.05) is 43.3 Å². The number of carbonyl (C=O) groups is 1. The molecule has 0 saturated heterocycles. The molecule has 0 aromatic heterocycles. The maximum atomic E-state index is 13.7. The van der Waals surface area contributed by atoms with Crippen molar-refractivity contribution in [2.45, 2.75) is 25.0 Å². The van der Waals surface area contributed by atoms with Crippen molar-refractivity contribution in [2.75, 3.05) is 0 Å². The minimum Gasteiger partial charge on any atom is -0.760 e. The van der Waals surface area contributed by atoms with Crippen molar-refractivity contribution in [3.63, 3.8) is 0 Å². The summed E-state index contributed by atoms with van der Waals surface area (Å²) in [6, 6.07) is 25.0. The summed E-state index contributed by atoms with van der Waals surface area (Å²) in [6.45, 7) is 2.20. The van der Waals surface area contributed by atoms with E-state index in [4.69, 9.17) is 5.73 Å². The third-order valence-electron chi connectivity index (χ3n) is 5.05. The minimum atomic E-state index is -2.71. The first kappa shape index (κ1) is 21.9. The van der Waals surface area contributed by atoms with Crippen molar-refractivity contribution in [1.82, 2.24) is 10.0 Å². The normalized spacial score (nSPS) is 15.0. The van der Waals surface area contributed by atoms with Crippen LogP contribution < -0.4 is 15.8 Å². The van der Waals surface area contributed by atoms with Crippen molar-refractivity contribution < 1.29 is 13.6 Å². The number of hydrogen-bond acceptors (Lipinski definition) is 4. The van der Waals surface area contributed by atoms with Crippen molar-refractivity contribution in [3.05, 3.63) is 107 Å². The summed E-state index contributed by atoms with van der Waals surface area (Å²) in [4.78, 5) is 13.7. The van der Waals surface area contributed by atoms with Crippen molar-refractivity contribution >= 4 is 17.2 Å². The van der Waals surface area contributed by atoms with E-state index in [0.717, 1.165) is 11.1 Å². The zero-order valence-corrected chi connectivity index (χ0v) is 17.4. The third-order valence-corrected chi connectivity index (χ3v) is 5.53. The van der Waals surface area contributed by atoms with Crippen LogP contribution in [0.2, 0.25) is 0 Å². The average Bonchev–Trinajstić information content (AvgIpc) is 2.78. The molecule has 3 aromatic rings. The second kappa shape index (κ2) is 9.77. The molecule has 4 N–H and O–H groups in total. The van der Waals surface area contributed by atoms with Crippen LogP contribution in [0.1, 0.15) is 35.2 Å². The van der Waals surface area contributed by atoms with Crippen LogP contribution >= 0.6 is 0 Å². The molecule has 0 bridgehead atoms. The lowest BCUT2D eigenvalue weighted by molar-refractivity contribution is -0.126. The van der Waals surface area contributed by atoms with Crippen LogP contribution in [-0.4, -0.2) is 14.7 Å². The van der Waals surface area contributed by atoms with E-state index in [2.05, 4.69) is 10.0 Å². The molecule has 3 unspecified atom stereocenters. The molecule has 0 aliphatic carbocycles. The summed E-state index contributed by atoms with van der Waals surface area (Å²) in [7, 11) is 0. The van der Waals surface area contributed by atoms with Gasteiger partial charge < -0.3 is 15.6 Å². The molecule has 0 spiro atoms. The molecule has 0 heterocycles. The predicted octanol–water partition coefficient (Wildman–Crippen LogP) is 2.65. The fourth-order valence-corrected chi connectivity index (χ4v) is 4.01. The molecule has 3 rings (SSSR count). The highest BCUT2D eigenvalue weighted by Crippen LogP contribution is 2.32. The molecule has 0 aliphatic rings. The van der Waals surface area contributed by atoms with E-state index >= 15 is 0 Å². The van der Waals surface area contributed by atoms with E-state index in [1.54, 1.807) is 48.5 Å². The summed E-state index contributed by atoms with van der Waals surface area (Å²) in [5.41, 5.74) is 6.85. The maximum absolute atomic E-state index is 13.7. The van der Waals surface area contributed by atoms with Gasteiger partial charge in [-0.1, -0.05) is 84.9 Å². The van der Waals surface area contributed by atoms with Gasteiger partial charge in [-0.2, -0.15) is 0 Å². The van der Waals surface area contributed by atoms with Crippen molar-refractivity contribution in [2.24, 2.45) is 5.73 Å². The van der Waals surface area contributed by atoms with Crippen LogP contribution in [0.5, 0.6) is 0 Å². The number of rotatable bonds is 8. The van der Waals surface area contributed by atoms with Gasteiger partial charge >= 0.3 is 0 Å². The minimum absolute atomic E-state index is 0.327. The van der Waals surface area contributed by atoms with Crippen LogP contribution in [0.15, 0.2) is 84.9 Å². The number of hydrogen-bond donors (Lipinski definition) is 3. The van der Waals surface area contributed by atoms with Crippen LogP contribution in [0.4, 0.5) is 0 Å². The smallest absolute Gasteiger partial charge is 0.250 e. The molecule has 1 amide bonds. The standard InChI is InChI=1S/C23H25N3O3S/c1-17(19-8-4-2-5-9-19)25-22(27)23(26-30(28)29,20-10-6-3-7-11-20)21-14-12-18(16-24)13-15-21/h2-15,17,26H,16,24H2,1H3,(H,25,27)(H,28,29)/p-1. The number of nitrogens with two attached hydrogens (primary N) is 1. The largest absolute Gasteiger partial charge is 0.760 e. The molecule has 0 fully saturated rings. The van der Waals surface area contributed by atoms with Gasteiger partial charge in [-0.05, 0) is 29.2 Å². The lowest BCUT2D eigenvalue weighted by atomic mass is 9.82. The number of nitrogens with one attached hydrogen (secondary N) is 2. The van der Waals surface area contributed by atoms with Gasteiger partial charge in [0.05, 0.1) is 6.04 Å². The van der Waals surface area contributed by atoms with Crippen LogP contribution in [0.3, 0.4) is 0 Å². The molecule has 0 aliphatic heterocycles. The second-order valence-electron chi connectivity index (χ2n) is 6.96. The molecular weight excluding hydrogens is 398 g/mol. The highest BCUT2D eigenvalue weighted by atomic mass is 32.2. The molecule has 7 heteroatoms. The quantitative estimate of drug-likeness (QED) is 0.485. The monoisotopic (exact) mass is 422 g/mol. The number of benzene rings is 3. The first-order valence-electron chi connectivity index (χ1n) is 9.55. The van der Waals surface area contributed by atoms with Gasteiger partial charge in [-0.15, -0.1) is 0 Å². The first-order valence-corrected chi connectivity index (χ1v) is 10.6. The topological polar surface area (TPSA) is 107 Å². The molecular formula is C23H24N3O3S-. The molecule has 156 valence electrons. The molecule has 3 aromatic carbocycles. The summed E-state index contributed by atoms with van der Waals surface area (Å²) in [6.07, 6.45) is 0. The van der Waals surface area contributed by atoms with Gasteiger partial charge in [0.25, 0.3) is 5.91 Å². The van der Waals surface area contributed by atoms with Crippen LogP contribution in [0, 0.1) is 0 Å². The third kappa shape index (κ3) is 4.66. The van der Waals surface area contributed by atoms with E-state index < -0.39 is 22.7 Å². The van der Waals surface area contributed by atoms with Crippen LogP contribution in [0.25, 0.3) is 0 Å². The zero-order valence-electron chi connectivity index (χ0n) is 16.6. The number of amides is 1. The summed E-state index contributed by atoms with van der Waals surface area (Å²) in [5, 5.41) is 2.97. The fourth-order valence-electron chi connectivity index (χ4n) is 3.43. The Morgan fingerprint density at radius 2 is 1.50 bits per heavy atom. The van der Waals surface area contributed by atoms with Gasteiger partial charge in [0.15, 0.2) is 5.54 Å². The van der Waals surface area contributed by atoms with Gasteiger partial charge in [0.1, 0.15) is 0 Å². The van der Waals surface area contributed by atoms with Gasteiger partial charge in [0.2, 0.25) is 0 Å². The van der Waals surface area contributed by atoms with Gasteiger partial charge in [-0.25, -0.2) is 4.72 Å². The van der Waals surface area contributed by atoms with E-state index in [0.29, 0.717) is 17.7 Å². The zero-order chi connectivity index (χ0) is 21.6. The lowest BCUT2D eigenvalue weighted by Gasteiger charge is -2.36. The highest BCUT2D eigenvalue weighted by molar-refractivity contribution is 7.77. The Morgan fingerprint density at radius 1 is 0.967 bits per heavy atom. The molecule has 6 nitrogen and oxygen atoms in total. The fraction of sp³-hybridized carbons (Fsp3) is 0.174. The Kier molecular flexibility index (Phi) is 7.12. The Hall–Kier alpha value is -2.84. The van der Waals surface area contributed by atoms with Crippen molar-refractivity contribution in [1.29, 1.82) is 0 Å². The Bertz CT molecular complexity index is 997. The first-order chi connectivity index (χ1) is 14.5. The van der Waals surface area contributed by atoms with E-state index in [9.17, 15) is 13.6 Å². The average molecular weight is 423 g/mol. The number of carbonyl (C=O) groups excluding carboxylic acids is 1. The molecule has 0 saturated carbocycles. The second-order valence-corrected chi connectivity index (χ2v) is 7.63. The lowest BCUT2D eigenvalue weighted by Crippen LogP contribution is -2.56. The van der Waals surface area contributed by atoms with Crippen LogP contribution in [-0.2, 0) is 28.1 Å². The Morgan fingerprint density at radius 3 is 2.03 bits per heavy atom. The molecule has 0 radical (unpaired) electrons. The van der Waals surface area contributed by atoms with Gasteiger partial charge in [0, 0.05) is 17.8 Å². The summed E-state index contributed by atoms with van der Waals surface area (Å²) >= 11 is -2.71. The summed E-state index contributed by atoms with van der Waals surface area (Å²) < 4.78 is 26.2. The van der Waals surface area contributed by atoms with Gasteiger partial charge in [-0.3, -0.25) is 9.00 Å². The van der Waals surface area contributed by atoms with E-state index in [-0.39, 0.29) is 6.04 Å². The highest BCUT2D eigenvalue weighted by Gasteiger charge is 2.43. The van der Waals surface area contributed by atoms with Crippen molar-refractivity contribution in [3.8, 4) is 0 Å².